The van der Waals surface area contributed by atoms with E-state index in [0.717, 1.165) is 19.6 Å². The molecule has 2 unspecified atom stereocenters. The summed E-state index contributed by atoms with van der Waals surface area (Å²) in [5.41, 5.74) is 1.73. The fourth-order valence-electron chi connectivity index (χ4n) is 4.21. The minimum absolute atomic E-state index is 0. The number of halogens is 1. The van der Waals surface area contributed by atoms with E-state index in [1.807, 2.05) is 0 Å². The quantitative estimate of drug-likeness (QED) is 0.874. The zero-order valence-electron chi connectivity index (χ0n) is 13.8. The molecule has 5 heteroatoms. The van der Waals surface area contributed by atoms with E-state index in [1.165, 1.54) is 37.7 Å². The number of rotatable bonds is 5. The summed E-state index contributed by atoms with van der Waals surface area (Å²) in [7, 11) is 0. The van der Waals surface area contributed by atoms with Crippen LogP contribution in [0, 0.1) is 17.3 Å². The van der Waals surface area contributed by atoms with Crippen LogP contribution in [0.2, 0.25) is 0 Å². The van der Waals surface area contributed by atoms with Crippen LogP contribution in [0.1, 0.15) is 44.6 Å². The van der Waals surface area contributed by atoms with Crippen LogP contribution in [0.5, 0.6) is 0 Å². The standard InChI is InChI=1S/C18H26N2OS.ClH/c1-13(15-2-3-15)17(21)20(11-14-4-9-22-12-14)16-10-18(16)5-7-19-8-6-18;/h4,9,12-13,15-16,19H,2-3,5-8,10-11H2,1H3;1H. The molecule has 1 saturated heterocycles. The lowest BCUT2D eigenvalue weighted by Gasteiger charge is -2.31. The first-order valence-electron chi connectivity index (χ1n) is 8.72. The normalized spacial score (nSPS) is 26.4. The molecule has 4 rings (SSSR count). The Kier molecular flexibility index (Phi) is 5.05. The molecule has 2 heterocycles. The second-order valence-electron chi connectivity index (χ2n) is 7.56. The van der Waals surface area contributed by atoms with Gasteiger partial charge in [-0.2, -0.15) is 11.3 Å². The number of hydrogen-bond acceptors (Lipinski definition) is 3. The van der Waals surface area contributed by atoms with Crippen molar-refractivity contribution in [3.05, 3.63) is 22.4 Å². The van der Waals surface area contributed by atoms with Crippen molar-refractivity contribution < 1.29 is 4.79 Å². The minimum Gasteiger partial charge on any atom is -0.335 e. The minimum atomic E-state index is 0. The maximum atomic E-state index is 13.1. The Hall–Kier alpha value is -0.580. The van der Waals surface area contributed by atoms with Crippen molar-refractivity contribution in [3.63, 3.8) is 0 Å². The smallest absolute Gasteiger partial charge is 0.226 e. The fraction of sp³-hybridized carbons (Fsp3) is 0.722. The second-order valence-corrected chi connectivity index (χ2v) is 8.34. The highest BCUT2D eigenvalue weighted by Gasteiger charge is 2.58. The lowest BCUT2D eigenvalue weighted by molar-refractivity contribution is -0.137. The molecule has 2 aliphatic carbocycles. The Bertz CT molecular complexity index is 537. The summed E-state index contributed by atoms with van der Waals surface area (Å²) in [4.78, 5) is 15.3. The van der Waals surface area contributed by atoms with Crippen LogP contribution in [0.3, 0.4) is 0 Å². The summed E-state index contributed by atoms with van der Waals surface area (Å²) in [6.45, 7) is 5.21. The molecule has 1 spiro atoms. The molecule has 1 N–H and O–H groups in total. The molecule has 1 aromatic heterocycles. The van der Waals surface area contributed by atoms with Crippen LogP contribution in [0.25, 0.3) is 0 Å². The number of thiophene rings is 1. The van der Waals surface area contributed by atoms with Crippen molar-refractivity contribution in [2.24, 2.45) is 17.3 Å². The van der Waals surface area contributed by atoms with Gasteiger partial charge in [0.05, 0.1) is 0 Å². The molecule has 128 valence electrons. The molecule has 23 heavy (non-hydrogen) atoms. The lowest BCUT2D eigenvalue weighted by atomic mass is 9.93. The second kappa shape index (κ2) is 6.73. The van der Waals surface area contributed by atoms with Gasteiger partial charge in [0.1, 0.15) is 0 Å². The van der Waals surface area contributed by atoms with Crippen LogP contribution < -0.4 is 5.32 Å². The van der Waals surface area contributed by atoms with Gasteiger partial charge in [-0.05, 0) is 78.9 Å². The van der Waals surface area contributed by atoms with Crippen LogP contribution in [0.4, 0.5) is 0 Å². The molecule has 2 saturated carbocycles. The van der Waals surface area contributed by atoms with Crippen LogP contribution in [0.15, 0.2) is 16.8 Å². The number of carbonyl (C=O) groups excluding carboxylic acids is 1. The molecule has 0 radical (unpaired) electrons. The van der Waals surface area contributed by atoms with Crippen LogP contribution in [-0.4, -0.2) is 29.9 Å². The molecule has 1 aromatic rings. The van der Waals surface area contributed by atoms with E-state index in [-0.39, 0.29) is 18.3 Å². The first kappa shape index (κ1) is 17.2. The third-order valence-corrected chi connectivity index (χ3v) is 6.79. The van der Waals surface area contributed by atoms with Gasteiger partial charge >= 0.3 is 0 Å². The van der Waals surface area contributed by atoms with Gasteiger partial charge in [-0.15, -0.1) is 12.4 Å². The molecular weight excluding hydrogens is 328 g/mol. The molecular formula is C18H27ClN2OS. The van der Waals surface area contributed by atoms with Crippen LogP contribution in [-0.2, 0) is 11.3 Å². The van der Waals surface area contributed by atoms with Crippen molar-refractivity contribution in [2.75, 3.05) is 13.1 Å². The van der Waals surface area contributed by atoms with Gasteiger partial charge in [0.15, 0.2) is 0 Å². The maximum absolute atomic E-state index is 13.1. The monoisotopic (exact) mass is 354 g/mol. The molecule has 3 fully saturated rings. The lowest BCUT2D eigenvalue weighted by Crippen LogP contribution is -2.41. The van der Waals surface area contributed by atoms with Crippen molar-refractivity contribution in [2.45, 2.75) is 51.6 Å². The molecule has 3 nitrogen and oxygen atoms in total. The largest absolute Gasteiger partial charge is 0.335 e. The molecule has 3 aliphatic rings. The fourth-order valence-corrected chi connectivity index (χ4v) is 4.87. The van der Waals surface area contributed by atoms with E-state index in [9.17, 15) is 4.79 Å². The Morgan fingerprint density at radius 3 is 2.78 bits per heavy atom. The summed E-state index contributed by atoms with van der Waals surface area (Å²) in [5.74, 6) is 1.28. The zero-order valence-corrected chi connectivity index (χ0v) is 15.4. The van der Waals surface area contributed by atoms with E-state index >= 15 is 0 Å². The Labute approximate surface area is 149 Å². The SMILES string of the molecule is CC(C(=O)N(Cc1ccsc1)C1CC12CCNCC2)C1CC1.Cl. The van der Waals surface area contributed by atoms with E-state index in [0.29, 0.717) is 23.3 Å². The number of nitrogens with zero attached hydrogens (tertiary/aromatic N) is 1. The Balaban J connectivity index is 0.00000156. The number of carbonyl (C=O) groups is 1. The Morgan fingerprint density at radius 1 is 1.43 bits per heavy atom. The van der Waals surface area contributed by atoms with Gasteiger partial charge in [-0.3, -0.25) is 4.79 Å². The highest BCUT2D eigenvalue weighted by atomic mass is 35.5. The van der Waals surface area contributed by atoms with Crippen molar-refractivity contribution in [3.8, 4) is 0 Å². The first-order chi connectivity index (χ1) is 10.7. The summed E-state index contributed by atoms with van der Waals surface area (Å²) >= 11 is 1.73. The topological polar surface area (TPSA) is 32.3 Å². The van der Waals surface area contributed by atoms with E-state index in [2.05, 4.69) is 34.0 Å². The van der Waals surface area contributed by atoms with Gasteiger partial charge in [-0.25, -0.2) is 0 Å². The summed E-state index contributed by atoms with van der Waals surface area (Å²) < 4.78 is 0. The van der Waals surface area contributed by atoms with Crippen molar-refractivity contribution in [1.29, 1.82) is 0 Å². The van der Waals surface area contributed by atoms with Gasteiger partial charge in [0.2, 0.25) is 5.91 Å². The molecule has 0 aromatic carbocycles. The van der Waals surface area contributed by atoms with Crippen LogP contribution >= 0.6 is 23.7 Å². The van der Waals surface area contributed by atoms with Gasteiger partial charge in [0, 0.05) is 18.5 Å². The first-order valence-corrected chi connectivity index (χ1v) is 9.66. The number of amides is 1. The predicted molar refractivity (Wildman–Crippen MR) is 96.9 cm³/mol. The average molecular weight is 355 g/mol. The van der Waals surface area contributed by atoms with E-state index in [1.54, 1.807) is 11.3 Å². The van der Waals surface area contributed by atoms with Gasteiger partial charge in [0.25, 0.3) is 0 Å². The molecule has 2 atom stereocenters. The van der Waals surface area contributed by atoms with E-state index < -0.39 is 0 Å². The number of nitrogens with one attached hydrogen (secondary N) is 1. The number of piperidine rings is 1. The summed E-state index contributed by atoms with van der Waals surface area (Å²) in [6.07, 6.45) is 6.20. The predicted octanol–water partition coefficient (Wildman–Crippen LogP) is 3.69. The highest BCUT2D eigenvalue weighted by molar-refractivity contribution is 7.07. The van der Waals surface area contributed by atoms with Crippen molar-refractivity contribution in [1.82, 2.24) is 10.2 Å². The zero-order chi connectivity index (χ0) is 15.2. The third kappa shape index (κ3) is 3.45. The molecule has 0 bridgehead atoms. The van der Waals surface area contributed by atoms with Crippen molar-refractivity contribution >= 4 is 29.7 Å². The summed E-state index contributed by atoms with van der Waals surface area (Å²) in [6, 6.07) is 2.66. The van der Waals surface area contributed by atoms with Gasteiger partial charge in [-0.1, -0.05) is 6.92 Å². The number of hydrogen-bond donors (Lipinski definition) is 1. The third-order valence-electron chi connectivity index (χ3n) is 6.06. The molecule has 1 aliphatic heterocycles. The van der Waals surface area contributed by atoms with Gasteiger partial charge < -0.3 is 10.2 Å². The highest BCUT2D eigenvalue weighted by Crippen LogP contribution is 2.56. The Morgan fingerprint density at radius 2 is 2.17 bits per heavy atom. The average Bonchev–Trinajstić information content (AvgIpc) is 3.44. The van der Waals surface area contributed by atoms with E-state index in [4.69, 9.17) is 0 Å². The maximum Gasteiger partial charge on any atom is 0.226 e. The summed E-state index contributed by atoms with van der Waals surface area (Å²) in [5, 5.41) is 7.78. The molecule has 1 amide bonds.